The number of fused-ring (bicyclic) bond motifs is 3. The van der Waals surface area contributed by atoms with Gasteiger partial charge < -0.3 is 9.47 Å². The molecule has 3 rings (SSSR count). The van der Waals surface area contributed by atoms with E-state index in [0.717, 1.165) is 12.1 Å². The first-order valence-electron chi connectivity index (χ1n) is 9.81. The average molecular weight is 457 g/mol. The molecule has 172 valence electrons. The lowest BCUT2D eigenvalue weighted by molar-refractivity contribution is -0.393. The molecule has 0 radical (unpaired) electrons. The van der Waals surface area contributed by atoms with Gasteiger partial charge in [-0.05, 0) is 31.9 Å². The minimum absolute atomic E-state index is 0.0246. The largest absolute Gasteiger partial charge is 0.460 e. The lowest BCUT2D eigenvalue weighted by atomic mass is 9.96. The maximum atomic E-state index is 12.9. The van der Waals surface area contributed by atoms with Crippen LogP contribution in [0.3, 0.4) is 0 Å². The molecule has 12 heteroatoms. The van der Waals surface area contributed by atoms with E-state index in [2.05, 4.69) is 0 Å². The predicted octanol–water partition coefficient (Wildman–Crippen LogP) is 4.43. The number of carbonyl (C=O) groups excluding carboxylic acids is 1. The van der Waals surface area contributed by atoms with Crippen LogP contribution in [0.15, 0.2) is 29.8 Å². The number of nitro benzene ring substituents is 3. The topological polar surface area (TPSA) is 165 Å². The molecule has 0 saturated carbocycles. The number of nitro groups is 3. The quantitative estimate of drug-likeness (QED) is 0.206. The fraction of sp³-hybridized carbons (Fsp3) is 0.286. The lowest BCUT2D eigenvalue weighted by Gasteiger charge is -2.11. The molecule has 33 heavy (non-hydrogen) atoms. The SMILES string of the molecule is CCOCCOC(=O)c1cc([N+](=O)[O-])cc2c1-c1c(cc([N+](=O)[O-])cc1[N+](=O)[O-])C2=C(C)C. The van der Waals surface area contributed by atoms with Gasteiger partial charge in [0.05, 0.1) is 38.6 Å². The molecule has 2 aromatic carbocycles. The normalized spacial score (nSPS) is 11.5. The maximum Gasteiger partial charge on any atom is 0.339 e. The van der Waals surface area contributed by atoms with Gasteiger partial charge >= 0.3 is 5.97 Å². The Morgan fingerprint density at radius 2 is 1.42 bits per heavy atom. The van der Waals surface area contributed by atoms with Gasteiger partial charge in [0, 0.05) is 35.9 Å². The van der Waals surface area contributed by atoms with Crippen molar-refractivity contribution in [3.8, 4) is 11.1 Å². The van der Waals surface area contributed by atoms with Gasteiger partial charge in [-0.1, -0.05) is 5.57 Å². The number of carbonyl (C=O) groups is 1. The van der Waals surface area contributed by atoms with Crippen molar-refractivity contribution in [3.05, 3.63) is 76.9 Å². The molecule has 0 atom stereocenters. The van der Waals surface area contributed by atoms with Crippen molar-refractivity contribution in [1.29, 1.82) is 0 Å². The Labute approximate surface area is 186 Å². The van der Waals surface area contributed by atoms with Crippen LogP contribution in [0.25, 0.3) is 16.7 Å². The summed E-state index contributed by atoms with van der Waals surface area (Å²) in [7, 11) is 0. The van der Waals surface area contributed by atoms with Crippen molar-refractivity contribution >= 4 is 28.6 Å². The number of rotatable bonds is 8. The Bertz CT molecular complexity index is 1230. The molecule has 0 heterocycles. The molecule has 12 nitrogen and oxygen atoms in total. The summed E-state index contributed by atoms with van der Waals surface area (Å²) in [5, 5.41) is 34.8. The number of hydrogen-bond acceptors (Lipinski definition) is 9. The van der Waals surface area contributed by atoms with Gasteiger partial charge in [-0.2, -0.15) is 0 Å². The molecule has 2 aromatic rings. The van der Waals surface area contributed by atoms with E-state index in [4.69, 9.17) is 9.47 Å². The van der Waals surface area contributed by atoms with Crippen LogP contribution < -0.4 is 0 Å². The van der Waals surface area contributed by atoms with E-state index >= 15 is 0 Å². The molecule has 0 N–H and O–H groups in total. The van der Waals surface area contributed by atoms with Crippen LogP contribution in [0.5, 0.6) is 0 Å². The highest BCUT2D eigenvalue weighted by Gasteiger charge is 2.39. The van der Waals surface area contributed by atoms with Crippen LogP contribution in [-0.2, 0) is 9.47 Å². The summed E-state index contributed by atoms with van der Waals surface area (Å²) in [5.74, 6) is -0.928. The Hall–Kier alpha value is -4.19. The van der Waals surface area contributed by atoms with Crippen LogP contribution >= 0.6 is 0 Å². The van der Waals surface area contributed by atoms with Crippen molar-refractivity contribution in [2.24, 2.45) is 0 Å². The predicted molar refractivity (Wildman–Crippen MR) is 116 cm³/mol. The lowest BCUT2D eigenvalue weighted by Crippen LogP contribution is -2.12. The molecule has 0 saturated heterocycles. The highest BCUT2D eigenvalue weighted by molar-refractivity contribution is 6.12. The van der Waals surface area contributed by atoms with Crippen LogP contribution in [0.1, 0.15) is 42.3 Å². The van der Waals surface area contributed by atoms with Gasteiger partial charge in [-0.15, -0.1) is 0 Å². The van der Waals surface area contributed by atoms with E-state index in [1.54, 1.807) is 20.8 Å². The molecule has 1 aliphatic carbocycles. The molecule has 0 fully saturated rings. The summed E-state index contributed by atoms with van der Waals surface area (Å²) in [5.41, 5.74) is -0.442. The molecule has 0 aliphatic heterocycles. The van der Waals surface area contributed by atoms with Gasteiger partial charge in [0.2, 0.25) is 0 Å². The minimum Gasteiger partial charge on any atom is -0.460 e. The summed E-state index contributed by atoms with van der Waals surface area (Å²) in [6.45, 7) is 5.45. The van der Waals surface area contributed by atoms with Gasteiger partial charge in [0.1, 0.15) is 6.61 Å². The van der Waals surface area contributed by atoms with Gasteiger partial charge in [0.15, 0.2) is 0 Å². The first kappa shape index (κ1) is 23.5. The van der Waals surface area contributed by atoms with Crippen LogP contribution in [-0.4, -0.2) is 40.6 Å². The van der Waals surface area contributed by atoms with Gasteiger partial charge in [0.25, 0.3) is 17.1 Å². The van der Waals surface area contributed by atoms with Gasteiger partial charge in [-0.25, -0.2) is 4.79 Å². The Morgan fingerprint density at radius 1 is 0.848 bits per heavy atom. The van der Waals surface area contributed by atoms with Crippen molar-refractivity contribution in [2.75, 3.05) is 19.8 Å². The Morgan fingerprint density at radius 3 is 1.94 bits per heavy atom. The fourth-order valence-electron chi connectivity index (χ4n) is 3.78. The number of hydrogen-bond donors (Lipinski definition) is 0. The molecule has 0 spiro atoms. The van der Waals surface area contributed by atoms with Crippen molar-refractivity contribution in [2.45, 2.75) is 20.8 Å². The van der Waals surface area contributed by atoms with Crippen LogP contribution in [0, 0.1) is 30.3 Å². The summed E-state index contributed by atoms with van der Waals surface area (Å²) in [4.78, 5) is 45.5. The third-order valence-electron chi connectivity index (χ3n) is 5.02. The molecule has 0 unspecified atom stereocenters. The number of esters is 1. The maximum absolute atomic E-state index is 12.9. The van der Waals surface area contributed by atoms with E-state index in [-0.39, 0.29) is 41.0 Å². The molecule has 0 bridgehead atoms. The summed E-state index contributed by atoms with van der Waals surface area (Å²) >= 11 is 0. The first-order chi connectivity index (χ1) is 15.6. The molecule has 0 aromatic heterocycles. The smallest absolute Gasteiger partial charge is 0.339 e. The molecule has 1 aliphatic rings. The second kappa shape index (κ2) is 9.12. The number of nitrogens with zero attached hydrogens (tertiary/aromatic N) is 3. The van der Waals surface area contributed by atoms with E-state index in [1.807, 2.05) is 0 Å². The second-order valence-corrected chi connectivity index (χ2v) is 7.28. The van der Waals surface area contributed by atoms with Crippen molar-refractivity contribution < 1.29 is 29.0 Å². The van der Waals surface area contributed by atoms with Crippen LogP contribution in [0.4, 0.5) is 17.1 Å². The average Bonchev–Trinajstić information content (AvgIpc) is 3.09. The van der Waals surface area contributed by atoms with E-state index in [9.17, 15) is 35.1 Å². The van der Waals surface area contributed by atoms with Crippen LogP contribution in [0.2, 0.25) is 0 Å². The second-order valence-electron chi connectivity index (χ2n) is 7.28. The summed E-state index contributed by atoms with van der Waals surface area (Å²) in [6.07, 6.45) is 0. The third-order valence-corrected chi connectivity index (χ3v) is 5.02. The zero-order valence-corrected chi connectivity index (χ0v) is 17.9. The third kappa shape index (κ3) is 4.28. The van der Waals surface area contributed by atoms with E-state index in [0.29, 0.717) is 17.8 Å². The van der Waals surface area contributed by atoms with E-state index in [1.165, 1.54) is 12.1 Å². The summed E-state index contributed by atoms with van der Waals surface area (Å²) < 4.78 is 10.3. The fourth-order valence-corrected chi connectivity index (χ4v) is 3.78. The Kier molecular flexibility index (Phi) is 6.49. The Balaban J connectivity index is 2.36. The number of allylic oxidation sites excluding steroid dienone is 1. The number of ether oxygens (including phenoxy) is 2. The molecule has 0 amide bonds. The summed E-state index contributed by atoms with van der Waals surface area (Å²) in [6, 6.07) is 4.16. The highest BCUT2D eigenvalue weighted by atomic mass is 16.6. The monoisotopic (exact) mass is 457 g/mol. The standard InChI is InChI=1S/C21H19N3O9/c1-4-32-5-6-33-21(25)16-9-12(22(26)27)7-14-18(11(2)3)15-8-13(23(28)29)10-17(24(30)31)20(15)19(14)16/h7-10H,4-6H2,1-3H3. The highest BCUT2D eigenvalue weighted by Crippen LogP contribution is 2.53. The van der Waals surface area contributed by atoms with E-state index < -0.39 is 37.8 Å². The van der Waals surface area contributed by atoms with Gasteiger partial charge in [-0.3, -0.25) is 30.3 Å². The van der Waals surface area contributed by atoms with Crippen molar-refractivity contribution in [1.82, 2.24) is 0 Å². The molecular weight excluding hydrogens is 438 g/mol. The first-order valence-corrected chi connectivity index (χ1v) is 9.81. The number of non-ortho nitro benzene ring substituents is 2. The minimum atomic E-state index is -0.928. The zero-order chi connectivity index (χ0) is 24.4. The molecular formula is C21H19N3O9. The zero-order valence-electron chi connectivity index (χ0n) is 17.9. The number of benzene rings is 2. The van der Waals surface area contributed by atoms with Crippen molar-refractivity contribution in [3.63, 3.8) is 0 Å².